The van der Waals surface area contributed by atoms with Crippen LogP contribution in [0, 0.1) is 6.92 Å². The Labute approximate surface area is 117 Å². The molecule has 0 spiro atoms. The molecule has 0 fully saturated rings. The van der Waals surface area contributed by atoms with E-state index in [0.717, 1.165) is 29.9 Å². The van der Waals surface area contributed by atoms with E-state index in [2.05, 4.69) is 15.3 Å². The average molecular weight is 274 g/mol. The number of rotatable bonds is 5. The molecule has 0 saturated carbocycles. The minimum absolute atomic E-state index is 0.294. The fourth-order valence-corrected chi connectivity index (χ4v) is 2.04. The number of ether oxygens (including phenoxy) is 1. The van der Waals surface area contributed by atoms with E-state index in [1.54, 1.807) is 4.68 Å². The van der Waals surface area contributed by atoms with E-state index >= 15 is 0 Å². The zero-order valence-electron chi connectivity index (χ0n) is 12.0. The second kappa shape index (κ2) is 6.27. The highest BCUT2D eigenvalue weighted by molar-refractivity contribution is 5.88. The van der Waals surface area contributed by atoms with Gasteiger partial charge in [0.05, 0.1) is 25.0 Å². The van der Waals surface area contributed by atoms with Crippen LogP contribution in [0.5, 0.6) is 0 Å². The zero-order chi connectivity index (χ0) is 14.5. The molecule has 0 aliphatic heterocycles. The maximum atomic E-state index is 11.7. The van der Waals surface area contributed by atoms with Crippen molar-refractivity contribution in [2.24, 2.45) is 0 Å². The molecule has 2 heterocycles. The second-order valence-electron chi connectivity index (χ2n) is 4.55. The molecule has 0 aromatic carbocycles. The molecule has 20 heavy (non-hydrogen) atoms. The van der Waals surface area contributed by atoms with Crippen molar-refractivity contribution < 1.29 is 9.53 Å². The van der Waals surface area contributed by atoms with Gasteiger partial charge in [0, 0.05) is 5.69 Å². The quantitative estimate of drug-likeness (QED) is 0.777. The summed E-state index contributed by atoms with van der Waals surface area (Å²) in [6.45, 7) is 4.49. The highest BCUT2D eigenvalue weighted by Gasteiger charge is 2.19. The molecule has 0 N–H and O–H groups in total. The van der Waals surface area contributed by atoms with E-state index in [-0.39, 0.29) is 0 Å². The fraction of sp³-hybridized carbons (Fsp3) is 0.429. The van der Waals surface area contributed by atoms with Crippen molar-refractivity contribution in [1.82, 2.24) is 20.0 Å². The number of pyridine rings is 1. The van der Waals surface area contributed by atoms with E-state index in [0.29, 0.717) is 12.2 Å². The van der Waals surface area contributed by atoms with Gasteiger partial charge in [0.2, 0.25) is 0 Å². The first-order chi connectivity index (χ1) is 9.65. The van der Waals surface area contributed by atoms with Crippen LogP contribution in [0.4, 0.5) is 0 Å². The fourth-order valence-electron chi connectivity index (χ4n) is 2.04. The van der Waals surface area contributed by atoms with E-state index in [4.69, 9.17) is 4.74 Å². The van der Waals surface area contributed by atoms with Crippen molar-refractivity contribution in [1.29, 1.82) is 0 Å². The summed E-state index contributed by atoms with van der Waals surface area (Å²) in [5, 5.41) is 7.99. The van der Waals surface area contributed by atoms with Crippen LogP contribution < -0.4 is 0 Å². The lowest BCUT2D eigenvalue weighted by molar-refractivity contribution is 0.0592. The third-order valence-electron chi connectivity index (χ3n) is 2.96. The molecule has 0 amide bonds. The van der Waals surface area contributed by atoms with Crippen molar-refractivity contribution in [3.05, 3.63) is 41.0 Å². The van der Waals surface area contributed by atoms with Crippen LogP contribution in [-0.2, 0) is 17.7 Å². The molecule has 2 aromatic rings. The largest absolute Gasteiger partial charge is 0.464 e. The van der Waals surface area contributed by atoms with Gasteiger partial charge < -0.3 is 4.74 Å². The van der Waals surface area contributed by atoms with Crippen molar-refractivity contribution in [3.63, 3.8) is 0 Å². The van der Waals surface area contributed by atoms with Gasteiger partial charge in [0.15, 0.2) is 5.69 Å². The monoisotopic (exact) mass is 274 g/mol. The Morgan fingerprint density at radius 1 is 1.40 bits per heavy atom. The maximum Gasteiger partial charge on any atom is 0.360 e. The molecule has 6 heteroatoms. The number of carbonyl (C=O) groups excluding carboxylic acids is 1. The number of methoxy groups -OCH3 is 1. The highest BCUT2D eigenvalue weighted by atomic mass is 16.5. The smallest absolute Gasteiger partial charge is 0.360 e. The predicted molar refractivity (Wildman–Crippen MR) is 73.4 cm³/mol. The van der Waals surface area contributed by atoms with Crippen LogP contribution in [0.3, 0.4) is 0 Å². The lowest BCUT2D eigenvalue weighted by atomic mass is 10.2. The van der Waals surface area contributed by atoms with Crippen molar-refractivity contribution in [3.8, 4) is 0 Å². The number of aromatic nitrogens is 4. The summed E-state index contributed by atoms with van der Waals surface area (Å²) < 4.78 is 6.46. The number of esters is 1. The Hall–Kier alpha value is -2.24. The summed E-state index contributed by atoms with van der Waals surface area (Å²) in [6.07, 6.45) is 1.63. The molecule has 106 valence electrons. The van der Waals surface area contributed by atoms with Gasteiger partial charge in [0.1, 0.15) is 0 Å². The Balaban J connectivity index is 2.31. The lowest BCUT2D eigenvalue weighted by Crippen LogP contribution is -2.11. The van der Waals surface area contributed by atoms with Crippen LogP contribution in [0.1, 0.15) is 40.9 Å². The third kappa shape index (κ3) is 3.01. The minimum atomic E-state index is -0.447. The number of hydrogen-bond acceptors (Lipinski definition) is 5. The topological polar surface area (TPSA) is 69.9 Å². The second-order valence-corrected chi connectivity index (χ2v) is 4.55. The minimum Gasteiger partial charge on any atom is -0.464 e. The molecule has 0 atom stereocenters. The van der Waals surface area contributed by atoms with Gasteiger partial charge in [0.25, 0.3) is 0 Å². The van der Waals surface area contributed by atoms with Gasteiger partial charge in [-0.25, -0.2) is 9.48 Å². The molecule has 0 aliphatic carbocycles. The Morgan fingerprint density at radius 2 is 2.20 bits per heavy atom. The predicted octanol–water partition coefficient (Wildman–Crippen LogP) is 1.77. The summed E-state index contributed by atoms with van der Waals surface area (Å²) in [5.41, 5.74) is 2.93. The number of aryl methyl sites for hydroxylation is 1. The van der Waals surface area contributed by atoms with Crippen molar-refractivity contribution in [2.75, 3.05) is 7.11 Å². The first-order valence-electron chi connectivity index (χ1n) is 6.59. The molecule has 0 aliphatic rings. The van der Waals surface area contributed by atoms with Crippen LogP contribution in [0.15, 0.2) is 18.2 Å². The summed E-state index contributed by atoms with van der Waals surface area (Å²) in [5.74, 6) is -0.447. The molecular weight excluding hydrogens is 256 g/mol. The van der Waals surface area contributed by atoms with Gasteiger partial charge in [-0.05, 0) is 25.5 Å². The molecule has 0 radical (unpaired) electrons. The molecule has 2 aromatic heterocycles. The Bertz CT molecular complexity index is 607. The molecule has 0 bridgehead atoms. The lowest BCUT2D eigenvalue weighted by Gasteiger charge is -2.06. The number of nitrogens with zero attached hydrogens (tertiary/aromatic N) is 4. The Kier molecular flexibility index (Phi) is 4.45. The van der Waals surface area contributed by atoms with Gasteiger partial charge in [-0.1, -0.05) is 24.6 Å². The molecule has 6 nitrogen and oxygen atoms in total. The third-order valence-corrected chi connectivity index (χ3v) is 2.96. The van der Waals surface area contributed by atoms with E-state index < -0.39 is 5.97 Å². The first kappa shape index (κ1) is 14.2. The summed E-state index contributed by atoms with van der Waals surface area (Å²) >= 11 is 0. The number of carbonyl (C=O) groups is 1. The van der Waals surface area contributed by atoms with E-state index in [9.17, 15) is 4.79 Å². The maximum absolute atomic E-state index is 11.7. The van der Waals surface area contributed by atoms with Gasteiger partial charge >= 0.3 is 5.97 Å². The molecular formula is C14H18N4O2. The van der Waals surface area contributed by atoms with E-state index in [1.807, 2.05) is 32.0 Å². The van der Waals surface area contributed by atoms with Crippen LogP contribution >= 0.6 is 0 Å². The van der Waals surface area contributed by atoms with Gasteiger partial charge in [-0.2, -0.15) is 0 Å². The van der Waals surface area contributed by atoms with Crippen molar-refractivity contribution >= 4 is 5.97 Å². The van der Waals surface area contributed by atoms with Crippen molar-refractivity contribution in [2.45, 2.75) is 33.2 Å². The van der Waals surface area contributed by atoms with E-state index in [1.165, 1.54) is 7.11 Å². The summed E-state index contributed by atoms with van der Waals surface area (Å²) in [6, 6.07) is 5.83. The van der Waals surface area contributed by atoms with Crippen LogP contribution in [0.25, 0.3) is 0 Å². The molecule has 0 unspecified atom stereocenters. The normalized spacial score (nSPS) is 10.6. The van der Waals surface area contributed by atoms with Crippen LogP contribution in [-0.4, -0.2) is 33.1 Å². The number of hydrogen-bond donors (Lipinski definition) is 0. The highest BCUT2D eigenvalue weighted by Crippen LogP contribution is 2.12. The summed E-state index contributed by atoms with van der Waals surface area (Å²) in [7, 11) is 1.35. The zero-order valence-corrected chi connectivity index (χ0v) is 12.0. The van der Waals surface area contributed by atoms with Gasteiger partial charge in [-0.15, -0.1) is 5.10 Å². The Morgan fingerprint density at radius 3 is 2.85 bits per heavy atom. The SMILES string of the molecule is CCCc1c(C(=O)OC)nnn1Cc1cccc(C)n1. The standard InChI is InChI=1S/C14H18N4O2/c1-4-6-12-13(14(19)20-3)16-17-18(12)9-11-8-5-7-10(2)15-11/h5,7-8H,4,6,9H2,1-3H3. The molecule has 0 saturated heterocycles. The average Bonchev–Trinajstić information content (AvgIpc) is 2.82. The first-order valence-corrected chi connectivity index (χ1v) is 6.59. The van der Waals surface area contributed by atoms with Crippen LogP contribution in [0.2, 0.25) is 0 Å². The summed E-state index contributed by atoms with van der Waals surface area (Å²) in [4.78, 5) is 16.1. The van der Waals surface area contributed by atoms with Gasteiger partial charge in [-0.3, -0.25) is 4.98 Å². The molecule has 2 rings (SSSR count).